The summed E-state index contributed by atoms with van der Waals surface area (Å²) in [7, 11) is 0. The Labute approximate surface area is 115 Å². The van der Waals surface area contributed by atoms with Gasteiger partial charge in [-0.05, 0) is 11.3 Å². The Morgan fingerprint density at radius 1 is 1.70 bits per heavy atom. The van der Waals surface area contributed by atoms with E-state index in [-0.39, 0.29) is 24.8 Å². The molecule has 2 unspecified atom stereocenters. The number of aliphatic hydroxyl groups excluding tert-OH is 1. The first kappa shape index (κ1) is 14.9. The Morgan fingerprint density at radius 3 is 3.10 bits per heavy atom. The average molecular weight is 286 g/mol. The van der Waals surface area contributed by atoms with Crippen LogP contribution in [0.4, 0.5) is 5.82 Å². The number of nitro groups is 1. The van der Waals surface area contributed by atoms with E-state index in [4.69, 9.17) is 4.74 Å². The summed E-state index contributed by atoms with van der Waals surface area (Å²) in [6, 6.07) is -0.304. The van der Waals surface area contributed by atoms with Crippen LogP contribution in [0.3, 0.4) is 0 Å². The van der Waals surface area contributed by atoms with Crippen molar-refractivity contribution in [2.24, 2.45) is 0 Å². The van der Waals surface area contributed by atoms with Crippen LogP contribution >= 0.6 is 0 Å². The molecular weight excluding hydrogens is 268 g/mol. The molecular formula is C11H18N4O5. The maximum atomic E-state index is 10.9. The molecule has 0 bridgehead atoms. The minimum Gasteiger partial charge on any atom is -0.389 e. The molecule has 0 amide bonds. The molecule has 0 aromatic carbocycles. The third kappa shape index (κ3) is 3.31. The number of morpholine rings is 1. The number of hydroxylamine groups is 2. The lowest BCUT2D eigenvalue weighted by atomic mass is 10.1. The van der Waals surface area contributed by atoms with E-state index in [1.165, 1.54) is 10.8 Å². The van der Waals surface area contributed by atoms with E-state index in [0.29, 0.717) is 25.6 Å². The van der Waals surface area contributed by atoms with Crippen LogP contribution in [0.5, 0.6) is 0 Å². The number of aliphatic hydroxyl groups is 1. The molecule has 0 saturated carbocycles. The van der Waals surface area contributed by atoms with Gasteiger partial charge in [-0.3, -0.25) is 0 Å². The predicted octanol–water partition coefficient (Wildman–Crippen LogP) is -0.0593. The van der Waals surface area contributed by atoms with E-state index >= 15 is 0 Å². The van der Waals surface area contributed by atoms with E-state index in [9.17, 15) is 20.4 Å². The maximum Gasteiger partial charge on any atom is 0.342 e. The Kier molecular flexibility index (Phi) is 4.65. The molecule has 1 aliphatic rings. The van der Waals surface area contributed by atoms with Gasteiger partial charge in [0.25, 0.3) is 0 Å². The fraction of sp³-hybridized carbons (Fsp3) is 0.727. The van der Waals surface area contributed by atoms with Gasteiger partial charge in [-0.2, -0.15) is 5.06 Å². The lowest BCUT2D eigenvalue weighted by molar-refractivity contribution is -0.392. The normalized spacial score (nSPS) is 21.9. The number of hydrogen-bond acceptors (Lipinski definition) is 7. The van der Waals surface area contributed by atoms with Crippen molar-refractivity contribution < 1.29 is 20.0 Å². The van der Waals surface area contributed by atoms with E-state index in [0.717, 1.165) is 5.06 Å². The van der Waals surface area contributed by atoms with Crippen molar-refractivity contribution in [2.75, 3.05) is 19.8 Å². The first-order chi connectivity index (χ1) is 9.49. The van der Waals surface area contributed by atoms with Gasteiger partial charge in [-0.1, -0.05) is 0 Å². The van der Waals surface area contributed by atoms with Crippen LogP contribution < -0.4 is 0 Å². The molecule has 112 valence electrons. The Balaban J connectivity index is 1.99. The van der Waals surface area contributed by atoms with E-state index in [2.05, 4.69) is 4.98 Å². The van der Waals surface area contributed by atoms with Gasteiger partial charge in [0.15, 0.2) is 5.82 Å². The molecule has 2 rings (SSSR count). The largest absolute Gasteiger partial charge is 0.389 e. The van der Waals surface area contributed by atoms with Crippen molar-refractivity contribution in [3.8, 4) is 0 Å². The standard InChI is InChI=1S/C11H18N4O5/c1-8-12-5-11(15(18)19)13(8)6-10(16)4-9-7-20-3-2-14(9)17/h5,9-10,16-17H,2-4,6-7H2,1H3. The summed E-state index contributed by atoms with van der Waals surface area (Å²) in [5.74, 6) is 0.318. The fourth-order valence-electron chi connectivity index (χ4n) is 2.26. The minimum absolute atomic E-state index is 0.0620. The minimum atomic E-state index is -0.831. The van der Waals surface area contributed by atoms with Gasteiger partial charge in [0.05, 0.1) is 25.4 Å². The summed E-state index contributed by atoms with van der Waals surface area (Å²) in [6.45, 7) is 2.88. The molecule has 1 fully saturated rings. The van der Waals surface area contributed by atoms with E-state index in [1.807, 2.05) is 0 Å². The first-order valence-electron chi connectivity index (χ1n) is 6.37. The van der Waals surface area contributed by atoms with Crippen molar-refractivity contribution >= 4 is 5.82 Å². The van der Waals surface area contributed by atoms with Crippen LogP contribution in [-0.2, 0) is 11.3 Å². The molecule has 0 aliphatic carbocycles. The second kappa shape index (κ2) is 6.27. The zero-order valence-corrected chi connectivity index (χ0v) is 11.2. The number of nitrogens with zero attached hydrogens (tertiary/aromatic N) is 4. The highest BCUT2D eigenvalue weighted by molar-refractivity contribution is 5.18. The molecule has 2 heterocycles. The number of aryl methyl sites for hydroxylation is 1. The topological polar surface area (TPSA) is 114 Å². The van der Waals surface area contributed by atoms with Gasteiger partial charge in [-0.15, -0.1) is 0 Å². The number of aromatic nitrogens is 2. The fourth-order valence-corrected chi connectivity index (χ4v) is 2.26. The van der Waals surface area contributed by atoms with Crippen molar-refractivity contribution in [3.63, 3.8) is 0 Å². The van der Waals surface area contributed by atoms with Gasteiger partial charge >= 0.3 is 5.82 Å². The third-order valence-corrected chi connectivity index (χ3v) is 3.36. The zero-order valence-electron chi connectivity index (χ0n) is 11.2. The Hall–Kier alpha value is -1.55. The number of imidazole rings is 1. The van der Waals surface area contributed by atoms with Gasteiger partial charge in [-0.25, -0.2) is 9.55 Å². The molecule has 9 nitrogen and oxygen atoms in total. The maximum absolute atomic E-state index is 10.9. The number of hydrogen-bond donors (Lipinski definition) is 2. The molecule has 20 heavy (non-hydrogen) atoms. The van der Waals surface area contributed by atoms with Gasteiger partial charge < -0.3 is 25.2 Å². The lowest BCUT2D eigenvalue weighted by Crippen LogP contribution is -2.45. The van der Waals surface area contributed by atoms with Gasteiger partial charge in [0.2, 0.25) is 0 Å². The van der Waals surface area contributed by atoms with Crippen molar-refractivity contribution in [1.82, 2.24) is 14.6 Å². The molecule has 1 aliphatic heterocycles. The smallest absolute Gasteiger partial charge is 0.342 e. The van der Waals surface area contributed by atoms with Gasteiger partial charge in [0.1, 0.15) is 12.7 Å². The van der Waals surface area contributed by atoms with E-state index in [1.54, 1.807) is 6.92 Å². The average Bonchev–Trinajstić information content (AvgIpc) is 2.74. The van der Waals surface area contributed by atoms with Crippen LogP contribution in [0.2, 0.25) is 0 Å². The predicted molar refractivity (Wildman–Crippen MR) is 67.3 cm³/mol. The summed E-state index contributed by atoms with van der Waals surface area (Å²) in [6.07, 6.45) is 0.609. The summed E-state index contributed by atoms with van der Waals surface area (Å²) in [4.78, 5) is 14.2. The summed E-state index contributed by atoms with van der Waals surface area (Å²) >= 11 is 0. The van der Waals surface area contributed by atoms with Crippen molar-refractivity contribution in [2.45, 2.75) is 32.0 Å². The van der Waals surface area contributed by atoms with Crippen LogP contribution in [0.25, 0.3) is 0 Å². The molecule has 9 heteroatoms. The van der Waals surface area contributed by atoms with Crippen molar-refractivity contribution in [3.05, 3.63) is 22.1 Å². The van der Waals surface area contributed by atoms with Crippen LogP contribution in [0.1, 0.15) is 12.2 Å². The summed E-state index contributed by atoms with van der Waals surface area (Å²) in [5, 5.41) is 31.7. The van der Waals surface area contributed by atoms with Crippen LogP contribution in [0.15, 0.2) is 6.20 Å². The Bertz CT molecular complexity index is 477. The van der Waals surface area contributed by atoms with Crippen molar-refractivity contribution in [1.29, 1.82) is 0 Å². The Morgan fingerprint density at radius 2 is 2.45 bits per heavy atom. The molecule has 1 aromatic heterocycles. The molecule has 0 spiro atoms. The summed E-state index contributed by atoms with van der Waals surface area (Å²) < 4.78 is 6.59. The monoisotopic (exact) mass is 286 g/mol. The summed E-state index contributed by atoms with van der Waals surface area (Å²) in [5.41, 5.74) is 0. The quantitative estimate of drug-likeness (QED) is 0.575. The molecule has 1 aromatic rings. The highest BCUT2D eigenvalue weighted by atomic mass is 16.6. The third-order valence-electron chi connectivity index (χ3n) is 3.36. The lowest BCUT2D eigenvalue weighted by Gasteiger charge is -2.31. The SMILES string of the molecule is Cc1ncc([N+](=O)[O-])n1CC(O)CC1COCCN1O. The molecule has 2 atom stereocenters. The highest BCUT2D eigenvalue weighted by Crippen LogP contribution is 2.17. The molecule has 0 radical (unpaired) electrons. The van der Waals surface area contributed by atoms with Gasteiger partial charge in [0, 0.05) is 13.5 Å². The van der Waals surface area contributed by atoms with E-state index < -0.39 is 11.0 Å². The molecule has 1 saturated heterocycles. The number of rotatable bonds is 5. The van der Waals surface area contributed by atoms with Crippen LogP contribution in [0, 0.1) is 17.0 Å². The first-order valence-corrected chi connectivity index (χ1v) is 6.37. The van der Waals surface area contributed by atoms with Crippen LogP contribution in [-0.4, -0.2) is 61.8 Å². The zero-order chi connectivity index (χ0) is 14.7. The second-order valence-electron chi connectivity index (χ2n) is 4.81. The second-order valence-corrected chi connectivity index (χ2v) is 4.81. The number of ether oxygens (including phenoxy) is 1. The molecule has 2 N–H and O–H groups in total. The highest BCUT2D eigenvalue weighted by Gasteiger charge is 2.27.